The van der Waals surface area contributed by atoms with Gasteiger partial charge in [-0.1, -0.05) is 23.4 Å². The lowest BCUT2D eigenvalue weighted by molar-refractivity contribution is 0.0667. The summed E-state index contributed by atoms with van der Waals surface area (Å²) in [6, 6.07) is 11.9. The number of hydrogen-bond acceptors (Lipinski definition) is 6. The minimum Gasteiger partial charge on any atom is -0.339 e. The van der Waals surface area contributed by atoms with Gasteiger partial charge in [-0.15, -0.1) is 0 Å². The normalized spacial score (nSPS) is 16.5. The molecule has 0 spiro atoms. The van der Waals surface area contributed by atoms with Crippen LogP contribution in [0, 0.1) is 12.8 Å². The predicted octanol–water partition coefficient (Wildman–Crippen LogP) is 4.39. The summed E-state index contributed by atoms with van der Waals surface area (Å²) >= 11 is 1.61. The van der Waals surface area contributed by atoms with Crippen LogP contribution >= 0.6 is 11.3 Å². The lowest BCUT2D eigenvalue weighted by atomic mass is 9.94. The largest absolute Gasteiger partial charge is 0.339 e. The Kier molecular flexibility index (Phi) is 5.38. The number of rotatable bonds is 5. The van der Waals surface area contributed by atoms with Crippen molar-refractivity contribution in [3.05, 3.63) is 70.5 Å². The first-order valence-electron chi connectivity index (χ1n) is 10.4. The van der Waals surface area contributed by atoms with Gasteiger partial charge in [-0.25, -0.2) is 4.68 Å². The molecule has 31 heavy (non-hydrogen) atoms. The maximum absolute atomic E-state index is 13.2. The van der Waals surface area contributed by atoms with Crippen molar-refractivity contribution in [1.82, 2.24) is 24.8 Å². The number of carbonyl (C=O) groups is 1. The molecule has 0 N–H and O–H groups in total. The van der Waals surface area contributed by atoms with Crippen LogP contribution in [0.2, 0.25) is 0 Å². The van der Waals surface area contributed by atoms with E-state index < -0.39 is 0 Å². The SMILES string of the molecule is Cc1c(C(=O)N2CCC[C@@H](Cc3nc(-c4ccsc4)no3)C2)cnn1-c1ccccc1. The summed E-state index contributed by atoms with van der Waals surface area (Å²) in [5, 5.41) is 12.6. The van der Waals surface area contributed by atoms with Gasteiger partial charge in [0, 0.05) is 30.5 Å². The molecule has 1 fully saturated rings. The predicted molar refractivity (Wildman–Crippen MR) is 118 cm³/mol. The van der Waals surface area contributed by atoms with Crippen LogP contribution in [0.1, 0.15) is 34.8 Å². The Hall–Kier alpha value is -3.26. The fraction of sp³-hybridized carbons (Fsp3) is 0.304. The summed E-state index contributed by atoms with van der Waals surface area (Å²) in [5.41, 5.74) is 3.44. The van der Waals surface area contributed by atoms with Crippen LogP contribution < -0.4 is 0 Å². The van der Waals surface area contributed by atoms with Gasteiger partial charge >= 0.3 is 0 Å². The lowest BCUT2D eigenvalue weighted by Crippen LogP contribution is -2.40. The molecule has 8 heteroatoms. The van der Waals surface area contributed by atoms with Gasteiger partial charge in [-0.2, -0.15) is 21.4 Å². The van der Waals surface area contributed by atoms with E-state index in [-0.39, 0.29) is 5.91 Å². The van der Waals surface area contributed by atoms with Crippen molar-refractivity contribution >= 4 is 17.2 Å². The number of hydrogen-bond donors (Lipinski definition) is 0. The van der Waals surface area contributed by atoms with Crippen molar-refractivity contribution in [3.8, 4) is 17.1 Å². The molecule has 0 radical (unpaired) electrons. The lowest BCUT2D eigenvalue weighted by Gasteiger charge is -2.32. The second-order valence-corrected chi connectivity index (χ2v) is 8.66. The standard InChI is InChI=1S/C23H23N5O2S/c1-16-20(13-24-28(16)19-7-3-2-4-8-19)23(29)27-10-5-6-17(14-27)12-21-25-22(26-30-21)18-9-11-31-15-18/h2-4,7-9,11,13,15,17H,5-6,10,12,14H2,1H3/t17-/m0/s1. The molecule has 5 rings (SSSR count). The van der Waals surface area contributed by atoms with Crippen LogP contribution in [0.15, 0.2) is 57.9 Å². The summed E-state index contributed by atoms with van der Waals surface area (Å²) in [7, 11) is 0. The second-order valence-electron chi connectivity index (χ2n) is 7.88. The molecular formula is C23H23N5O2S. The molecule has 0 aliphatic carbocycles. The Morgan fingerprint density at radius 3 is 2.94 bits per heavy atom. The van der Waals surface area contributed by atoms with Crippen LogP contribution in [0.4, 0.5) is 0 Å². The van der Waals surface area contributed by atoms with E-state index in [1.54, 1.807) is 17.5 Å². The Balaban J connectivity index is 1.27. The topological polar surface area (TPSA) is 77.1 Å². The number of thiophene rings is 1. The molecule has 1 aliphatic heterocycles. The van der Waals surface area contributed by atoms with Crippen molar-refractivity contribution in [3.63, 3.8) is 0 Å². The van der Waals surface area contributed by atoms with Crippen molar-refractivity contribution in [2.75, 3.05) is 13.1 Å². The highest BCUT2D eigenvalue weighted by molar-refractivity contribution is 7.08. The Morgan fingerprint density at radius 2 is 2.13 bits per heavy atom. The van der Waals surface area contributed by atoms with E-state index in [0.717, 1.165) is 36.3 Å². The van der Waals surface area contributed by atoms with Crippen LogP contribution in [0.5, 0.6) is 0 Å². The smallest absolute Gasteiger partial charge is 0.257 e. The molecule has 4 heterocycles. The van der Waals surface area contributed by atoms with Crippen molar-refractivity contribution < 1.29 is 9.32 Å². The zero-order valence-corrected chi connectivity index (χ0v) is 18.1. The minimum atomic E-state index is 0.0360. The molecule has 158 valence electrons. The van der Waals surface area contributed by atoms with Crippen LogP contribution in [-0.4, -0.2) is 43.8 Å². The zero-order chi connectivity index (χ0) is 21.2. The minimum absolute atomic E-state index is 0.0360. The Bertz CT molecular complexity index is 1170. The monoisotopic (exact) mass is 433 g/mol. The molecule has 1 saturated heterocycles. The van der Waals surface area contributed by atoms with Gasteiger partial charge in [0.1, 0.15) is 0 Å². The van der Waals surface area contributed by atoms with Gasteiger partial charge in [0.25, 0.3) is 5.91 Å². The van der Waals surface area contributed by atoms with Gasteiger partial charge in [0.05, 0.1) is 23.1 Å². The molecule has 1 aliphatic rings. The summed E-state index contributed by atoms with van der Waals surface area (Å²) in [5.74, 6) is 1.60. The van der Waals surface area contributed by atoms with E-state index in [0.29, 0.717) is 36.2 Å². The number of benzene rings is 1. The van der Waals surface area contributed by atoms with Crippen LogP contribution in [0.25, 0.3) is 17.1 Å². The number of aromatic nitrogens is 4. The molecule has 0 bridgehead atoms. The zero-order valence-electron chi connectivity index (χ0n) is 17.3. The molecule has 1 atom stereocenters. The van der Waals surface area contributed by atoms with Crippen LogP contribution in [0.3, 0.4) is 0 Å². The summed E-state index contributed by atoms with van der Waals surface area (Å²) < 4.78 is 7.29. The van der Waals surface area contributed by atoms with E-state index in [9.17, 15) is 4.79 Å². The maximum Gasteiger partial charge on any atom is 0.257 e. The number of para-hydroxylation sites is 1. The molecule has 3 aromatic heterocycles. The van der Waals surface area contributed by atoms with Crippen molar-refractivity contribution in [1.29, 1.82) is 0 Å². The number of piperidine rings is 1. The molecule has 7 nitrogen and oxygen atoms in total. The number of amides is 1. The first-order valence-corrected chi connectivity index (χ1v) is 11.4. The van der Waals surface area contributed by atoms with Gasteiger partial charge < -0.3 is 9.42 Å². The summed E-state index contributed by atoms with van der Waals surface area (Å²) in [4.78, 5) is 19.7. The van der Waals surface area contributed by atoms with Crippen molar-refractivity contribution in [2.24, 2.45) is 5.92 Å². The molecule has 4 aromatic rings. The highest BCUT2D eigenvalue weighted by atomic mass is 32.1. The third-order valence-electron chi connectivity index (χ3n) is 5.76. The molecule has 1 aromatic carbocycles. The van der Waals surface area contributed by atoms with Gasteiger partial charge in [0.2, 0.25) is 11.7 Å². The summed E-state index contributed by atoms with van der Waals surface area (Å²) in [6.45, 7) is 3.39. The number of nitrogens with zero attached hydrogens (tertiary/aromatic N) is 5. The highest BCUT2D eigenvalue weighted by Gasteiger charge is 2.28. The quantitative estimate of drug-likeness (QED) is 0.467. The van der Waals surface area contributed by atoms with E-state index in [2.05, 4.69) is 15.2 Å². The second kappa shape index (κ2) is 8.47. The first-order chi connectivity index (χ1) is 15.2. The number of carbonyl (C=O) groups excluding carboxylic acids is 1. The van der Waals surface area contributed by atoms with Gasteiger partial charge in [-0.3, -0.25) is 4.79 Å². The van der Waals surface area contributed by atoms with Crippen LogP contribution in [-0.2, 0) is 6.42 Å². The Morgan fingerprint density at radius 1 is 1.26 bits per heavy atom. The highest BCUT2D eigenvalue weighted by Crippen LogP contribution is 2.25. The summed E-state index contributed by atoms with van der Waals surface area (Å²) in [6.07, 6.45) is 4.37. The number of likely N-dealkylation sites (tertiary alicyclic amines) is 1. The molecule has 0 unspecified atom stereocenters. The van der Waals surface area contributed by atoms with Gasteiger partial charge in [0.15, 0.2) is 0 Å². The Labute approximate surface area is 184 Å². The fourth-order valence-corrected chi connectivity index (χ4v) is 4.76. The maximum atomic E-state index is 13.2. The van der Waals surface area contributed by atoms with E-state index >= 15 is 0 Å². The average Bonchev–Trinajstić information content (AvgIpc) is 3.55. The molecule has 1 amide bonds. The average molecular weight is 434 g/mol. The third-order valence-corrected chi connectivity index (χ3v) is 6.44. The van der Waals surface area contributed by atoms with E-state index in [4.69, 9.17) is 4.52 Å². The van der Waals surface area contributed by atoms with E-state index in [1.165, 1.54) is 0 Å². The van der Waals surface area contributed by atoms with Crippen molar-refractivity contribution in [2.45, 2.75) is 26.2 Å². The molecule has 0 saturated carbocycles. The molecular weight excluding hydrogens is 410 g/mol. The van der Waals surface area contributed by atoms with Gasteiger partial charge in [-0.05, 0) is 49.3 Å². The fourth-order valence-electron chi connectivity index (χ4n) is 4.13. The first kappa shape index (κ1) is 19.7. The van der Waals surface area contributed by atoms with E-state index in [1.807, 2.05) is 63.7 Å². The third kappa shape index (κ3) is 4.03.